The molecule has 0 aliphatic carbocycles. The minimum atomic E-state index is -1.73. The first-order valence-electron chi connectivity index (χ1n) is 13.5. The molecule has 1 aliphatic heterocycles. The first-order chi connectivity index (χ1) is 20.6. The summed E-state index contributed by atoms with van der Waals surface area (Å²) in [5.74, 6) is -3.01. The van der Waals surface area contributed by atoms with E-state index in [9.17, 15) is 29.6 Å². The number of nitro benzene ring substituents is 1. The van der Waals surface area contributed by atoms with Crippen LogP contribution in [-0.2, 0) is 30.3 Å². The molecule has 0 fully saturated rings. The van der Waals surface area contributed by atoms with Gasteiger partial charge in [0.1, 0.15) is 11.2 Å². The lowest BCUT2D eigenvalue weighted by molar-refractivity contribution is -0.384. The standard InChI is InChI=1S/C31H32N4O8/c1-19-27(29(37)42-3)28(23-5-4-6-24(18-23)35(40)41)31(30(38)39,20(2)34-19)13-16-43-26(36)12-11-21-7-9-22(10-8-21)17-25-32-14-15-33-25/h4-12,14-15,18,20,28,34H,13,16-17H2,1-3H3,(H,32,33)(H,38,39). The Hall–Kier alpha value is -5.26. The summed E-state index contributed by atoms with van der Waals surface area (Å²) in [5.41, 5.74) is 0.500. The third-order valence-corrected chi connectivity index (χ3v) is 7.71. The number of non-ortho nitro benzene ring substituents is 1. The van der Waals surface area contributed by atoms with Gasteiger partial charge in [0.15, 0.2) is 0 Å². The van der Waals surface area contributed by atoms with Crippen molar-refractivity contribution in [2.45, 2.75) is 38.6 Å². The zero-order valence-corrected chi connectivity index (χ0v) is 23.9. The van der Waals surface area contributed by atoms with E-state index in [2.05, 4.69) is 15.3 Å². The number of methoxy groups -OCH3 is 1. The van der Waals surface area contributed by atoms with E-state index >= 15 is 0 Å². The molecule has 0 bridgehead atoms. The lowest BCUT2D eigenvalue weighted by Crippen LogP contribution is -2.57. The van der Waals surface area contributed by atoms with E-state index in [1.54, 1.807) is 32.3 Å². The van der Waals surface area contributed by atoms with Crippen molar-refractivity contribution in [2.75, 3.05) is 13.7 Å². The highest BCUT2D eigenvalue weighted by Crippen LogP contribution is 2.51. The molecule has 0 saturated carbocycles. The predicted molar refractivity (Wildman–Crippen MR) is 156 cm³/mol. The van der Waals surface area contributed by atoms with Gasteiger partial charge in [-0.1, -0.05) is 36.4 Å². The Labute approximate surface area is 247 Å². The fourth-order valence-corrected chi connectivity index (χ4v) is 5.56. The summed E-state index contributed by atoms with van der Waals surface area (Å²) < 4.78 is 10.4. The molecular weight excluding hydrogens is 556 g/mol. The SMILES string of the molecule is COC(=O)C1=C(C)NC(C)C(CCOC(=O)C=Cc2ccc(Cc3ncc[nH]3)cc2)(C(=O)O)C1c1cccc([N+](=O)[O-])c1. The first kappa shape index (κ1) is 30.7. The molecule has 3 unspecified atom stereocenters. The van der Waals surface area contributed by atoms with Crippen LogP contribution in [0.4, 0.5) is 5.69 Å². The second-order valence-electron chi connectivity index (χ2n) is 10.2. The molecule has 43 heavy (non-hydrogen) atoms. The fourth-order valence-electron chi connectivity index (χ4n) is 5.56. The Morgan fingerprint density at radius 1 is 1.19 bits per heavy atom. The van der Waals surface area contributed by atoms with Crippen molar-refractivity contribution in [2.24, 2.45) is 5.41 Å². The number of nitrogens with one attached hydrogen (secondary N) is 2. The first-order valence-corrected chi connectivity index (χ1v) is 13.5. The molecule has 4 rings (SSSR count). The van der Waals surface area contributed by atoms with Crippen molar-refractivity contribution in [1.29, 1.82) is 0 Å². The van der Waals surface area contributed by atoms with Crippen molar-refractivity contribution in [3.8, 4) is 0 Å². The third-order valence-electron chi connectivity index (χ3n) is 7.71. The molecule has 1 aliphatic rings. The maximum absolute atomic E-state index is 13.1. The maximum atomic E-state index is 13.1. The smallest absolute Gasteiger partial charge is 0.336 e. The molecule has 3 atom stereocenters. The van der Waals surface area contributed by atoms with Gasteiger partial charge in [-0.3, -0.25) is 14.9 Å². The van der Waals surface area contributed by atoms with Crippen LogP contribution >= 0.6 is 0 Å². The fraction of sp³-hybridized carbons (Fsp3) is 0.290. The van der Waals surface area contributed by atoms with Crippen LogP contribution in [-0.4, -0.2) is 57.7 Å². The van der Waals surface area contributed by atoms with Crippen molar-refractivity contribution >= 4 is 29.7 Å². The zero-order chi connectivity index (χ0) is 31.1. The minimum Gasteiger partial charge on any atom is -0.481 e. The quantitative estimate of drug-likeness (QED) is 0.128. The number of ether oxygens (including phenoxy) is 2. The van der Waals surface area contributed by atoms with Crippen LogP contribution in [0, 0.1) is 15.5 Å². The number of imidazole rings is 1. The Balaban J connectivity index is 1.55. The second-order valence-corrected chi connectivity index (χ2v) is 10.2. The number of allylic oxidation sites excluding steroid dienone is 1. The summed E-state index contributed by atoms with van der Waals surface area (Å²) in [7, 11) is 1.17. The average molecular weight is 589 g/mol. The van der Waals surface area contributed by atoms with E-state index in [4.69, 9.17) is 9.47 Å². The normalized spacial score (nSPS) is 20.0. The molecule has 0 amide bonds. The summed E-state index contributed by atoms with van der Waals surface area (Å²) in [6, 6.07) is 12.3. The van der Waals surface area contributed by atoms with Gasteiger partial charge in [0.2, 0.25) is 0 Å². The summed E-state index contributed by atoms with van der Waals surface area (Å²) in [5, 5.41) is 25.2. The number of carboxylic acids is 1. The number of aliphatic carboxylic acids is 1. The number of nitrogens with zero attached hydrogens (tertiary/aromatic N) is 2. The van der Waals surface area contributed by atoms with E-state index in [1.807, 2.05) is 24.3 Å². The molecule has 0 saturated heterocycles. The average Bonchev–Trinajstić information content (AvgIpc) is 3.50. The van der Waals surface area contributed by atoms with Crippen LogP contribution < -0.4 is 5.32 Å². The van der Waals surface area contributed by atoms with Gasteiger partial charge in [0.05, 0.1) is 24.2 Å². The lowest BCUT2D eigenvalue weighted by Gasteiger charge is -2.47. The number of hydrogen-bond acceptors (Lipinski definition) is 9. The van der Waals surface area contributed by atoms with Crippen molar-refractivity contribution in [3.63, 3.8) is 0 Å². The number of carboxylic acid groups (broad SMARTS) is 1. The summed E-state index contributed by atoms with van der Waals surface area (Å²) >= 11 is 0. The van der Waals surface area contributed by atoms with Gasteiger partial charge in [-0.2, -0.15) is 0 Å². The third kappa shape index (κ3) is 6.64. The Morgan fingerprint density at radius 2 is 1.93 bits per heavy atom. The maximum Gasteiger partial charge on any atom is 0.336 e. The van der Waals surface area contributed by atoms with E-state index in [0.717, 1.165) is 17.0 Å². The number of rotatable bonds is 11. The number of aromatic amines is 1. The number of aromatic nitrogens is 2. The largest absolute Gasteiger partial charge is 0.481 e. The zero-order valence-electron chi connectivity index (χ0n) is 23.9. The van der Waals surface area contributed by atoms with Gasteiger partial charge in [-0.05, 0) is 36.6 Å². The predicted octanol–water partition coefficient (Wildman–Crippen LogP) is 4.15. The lowest BCUT2D eigenvalue weighted by atomic mass is 9.60. The highest BCUT2D eigenvalue weighted by atomic mass is 16.6. The summed E-state index contributed by atoms with van der Waals surface area (Å²) in [6.07, 6.45) is 6.72. The Bertz CT molecular complexity index is 1560. The highest BCUT2D eigenvalue weighted by Gasteiger charge is 2.56. The Kier molecular flexibility index (Phi) is 9.39. The van der Waals surface area contributed by atoms with Crippen LogP contribution in [0.3, 0.4) is 0 Å². The molecule has 2 aromatic carbocycles. The molecular formula is C31H32N4O8. The number of esters is 2. The van der Waals surface area contributed by atoms with Crippen LogP contribution in [0.1, 0.15) is 48.7 Å². The van der Waals surface area contributed by atoms with Gasteiger partial charge < -0.3 is 24.9 Å². The molecule has 3 N–H and O–H groups in total. The topological polar surface area (TPSA) is 174 Å². The van der Waals surface area contributed by atoms with Gasteiger partial charge in [0.25, 0.3) is 5.69 Å². The van der Waals surface area contributed by atoms with Crippen molar-refractivity contribution < 1.29 is 33.9 Å². The molecule has 1 aromatic heterocycles. The molecule has 2 heterocycles. The van der Waals surface area contributed by atoms with E-state index in [-0.39, 0.29) is 29.9 Å². The van der Waals surface area contributed by atoms with Crippen LogP contribution in [0.2, 0.25) is 0 Å². The summed E-state index contributed by atoms with van der Waals surface area (Å²) in [4.78, 5) is 56.8. The van der Waals surface area contributed by atoms with Crippen LogP contribution in [0.5, 0.6) is 0 Å². The van der Waals surface area contributed by atoms with E-state index in [0.29, 0.717) is 12.1 Å². The summed E-state index contributed by atoms with van der Waals surface area (Å²) in [6.45, 7) is 2.98. The second kappa shape index (κ2) is 13.1. The highest BCUT2D eigenvalue weighted by molar-refractivity contribution is 5.94. The molecule has 12 heteroatoms. The number of carbonyl (C=O) groups is 3. The van der Waals surface area contributed by atoms with Crippen molar-refractivity contribution in [3.05, 3.63) is 111 Å². The molecule has 0 spiro atoms. The van der Waals surface area contributed by atoms with Crippen LogP contribution in [0.15, 0.2) is 78.3 Å². The number of H-pyrrole nitrogens is 1. The number of carbonyl (C=O) groups excluding carboxylic acids is 2. The van der Waals surface area contributed by atoms with Crippen molar-refractivity contribution in [1.82, 2.24) is 15.3 Å². The van der Waals surface area contributed by atoms with Gasteiger partial charge in [0, 0.05) is 61.1 Å². The number of hydrogen-bond donors (Lipinski definition) is 3. The van der Waals surface area contributed by atoms with Gasteiger partial charge >= 0.3 is 17.9 Å². The molecule has 224 valence electrons. The number of nitro groups is 1. The van der Waals surface area contributed by atoms with Gasteiger partial charge in [-0.15, -0.1) is 0 Å². The monoisotopic (exact) mass is 588 g/mol. The van der Waals surface area contributed by atoms with E-state index in [1.165, 1.54) is 37.5 Å². The molecule has 0 radical (unpaired) electrons. The molecule has 3 aromatic rings. The minimum absolute atomic E-state index is 0.0326. The molecule has 12 nitrogen and oxygen atoms in total. The Morgan fingerprint density at radius 3 is 2.56 bits per heavy atom. The van der Waals surface area contributed by atoms with Crippen LogP contribution in [0.25, 0.3) is 6.08 Å². The van der Waals surface area contributed by atoms with E-state index < -0.39 is 40.2 Å². The van der Waals surface area contributed by atoms with Gasteiger partial charge in [-0.25, -0.2) is 14.6 Å². The number of benzene rings is 2.